The van der Waals surface area contributed by atoms with Gasteiger partial charge in [0.25, 0.3) is 5.91 Å². The molecule has 2 rings (SSSR count). The van der Waals surface area contributed by atoms with E-state index in [1.807, 2.05) is 12.1 Å². The van der Waals surface area contributed by atoms with E-state index >= 15 is 0 Å². The maximum absolute atomic E-state index is 12.9. The quantitative estimate of drug-likeness (QED) is 0.647. The fraction of sp³-hybridized carbons (Fsp3) is 0.562. The molecular formula is C16H21ClINO. The van der Waals surface area contributed by atoms with E-state index in [4.69, 9.17) is 11.6 Å². The van der Waals surface area contributed by atoms with E-state index in [9.17, 15) is 4.79 Å². The molecule has 1 aliphatic rings. The summed E-state index contributed by atoms with van der Waals surface area (Å²) in [5.74, 6) is 0.619. The number of hydrogen-bond donors (Lipinski definition) is 0. The summed E-state index contributed by atoms with van der Waals surface area (Å²) < 4.78 is 0.976. The lowest BCUT2D eigenvalue weighted by Crippen LogP contribution is -2.41. The number of carbonyl (C=O) groups is 1. The van der Waals surface area contributed by atoms with Crippen molar-refractivity contribution in [3.05, 3.63) is 32.4 Å². The molecular weight excluding hydrogens is 385 g/mol. The molecule has 0 spiro atoms. The second-order valence-electron chi connectivity index (χ2n) is 5.91. The minimum Gasteiger partial charge on any atom is -0.335 e. The summed E-state index contributed by atoms with van der Waals surface area (Å²) in [6.07, 6.45) is 4.74. The van der Waals surface area contributed by atoms with Gasteiger partial charge in [-0.25, -0.2) is 0 Å². The normalized spacial score (nSPS) is 15.8. The smallest absolute Gasteiger partial charge is 0.255 e. The fourth-order valence-electron chi connectivity index (χ4n) is 2.82. The number of halogens is 2. The SMILES string of the molecule is CC(C)CN(C(=O)c1cc(Cl)ccc1I)C1CCCC1. The van der Waals surface area contributed by atoms with Crippen molar-refractivity contribution < 1.29 is 4.79 Å². The largest absolute Gasteiger partial charge is 0.335 e. The average molecular weight is 406 g/mol. The minimum absolute atomic E-state index is 0.137. The van der Waals surface area contributed by atoms with Crippen LogP contribution in [0.2, 0.25) is 5.02 Å². The zero-order chi connectivity index (χ0) is 14.7. The topological polar surface area (TPSA) is 20.3 Å². The van der Waals surface area contributed by atoms with Crippen LogP contribution >= 0.6 is 34.2 Å². The molecule has 1 aromatic rings. The molecule has 0 aliphatic heterocycles. The van der Waals surface area contributed by atoms with E-state index in [1.165, 1.54) is 12.8 Å². The Morgan fingerprint density at radius 3 is 2.65 bits per heavy atom. The predicted molar refractivity (Wildman–Crippen MR) is 92.3 cm³/mol. The van der Waals surface area contributed by atoms with Gasteiger partial charge in [-0.05, 0) is 59.5 Å². The van der Waals surface area contributed by atoms with Gasteiger partial charge in [0.05, 0.1) is 5.56 Å². The molecule has 0 atom stereocenters. The standard InChI is InChI=1S/C16H21ClINO/c1-11(2)10-19(13-5-3-4-6-13)16(20)14-9-12(17)7-8-15(14)18/h7-9,11,13H,3-6,10H2,1-2H3. The second kappa shape index (κ2) is 7.12. The van der Waals surface area contributed by atoms with Crippen LogP contribution in [0, 0.1) is 9.49 Å². The molecule has 1 aliphatic carbocycles. The lowest BCUT2D eigenvalue weighted by atomic mass is 10.1. The van der Waals surface area contributed by atoms with Crippen molar-refractivity contribution in [3.63, 3.8) is 0 Å². The minimum atomic E-state index is 0.137. The molecule has 1 aromatic carbocycles. The highest BCUT2D eigenvalue weighted by molar-refractivity contribution is 14.1. The number of benzene rings is 1. The van der Waals surface area contributed by atoms with E-state index in [1.54, 1.807) is 6.07 Å². The van der Waals surface area contributed by atoms with Crippen LogP contribution in [0.1, 0.15) is 49.9 Å². The number of carbonyl (C=O) groups excluding carboxylic acids is 1. The van der Waals surface area contributed by atoms with Crippen LogP contribution in [0.25, 0.3) is 0 Å². The Morgan fingerprint density at radius 1 is 1.40 bits per heavy atom. The summed E-state index contributed by atoms with van der Waals surface area (Å²) >= 11 is 8.27. The Hall–Kier alpha value is -0.290. The molecule has 0 unspecified atom stereocenters. The van der Waals surface area contributed by atoms with Gasteiger partial charge in [0, 0.05) is 21.2 Å². The van der Waals surface area contributed by atoms with Crippen LogP contribution in [0.4, 0.5) is 0 Å². The molecule has 20 heavy (non-hydrogen) atoms. The summed E-state index contributed by atoms with van der Waals surface area (Å²) in [7, 11) is 0. The molecule has 0 N–H and O–H groups in total. The summed E-state index contributed by atoms with van der Waals surface area (Å²) in [5.41, 5.74) is 0.741. The van der Waals surface area contributed by atoms with Gasteiger partial charge in [-0.1, -0.05) is 38.3 Å². The first-order chi connectivity index (χ1) is 9.49. The van der Waals surface area contributed by atoms with Crippen molar-refractivity contribution in [2.75, 3.05) is 6.54 Å². The van der Waals surface area contributed by atoms with Crippen molar-refractivity contribution in [1.82, 2.24) is 4.90 Å². The molecule has 0 heterocycles. The van der Waals surface area contributed by atoms with Gasteiger partial charge < -0.3 is 4.90 Å². The Bertz CT molecular complexity index is 483. The number of nitrogens with zero attached hydrogens (tertiary/aromatic N) is 1. The summed E-state index contributed by atoms with van der Waals surface area (Å²) in [6.45, 7) is 5.16. The van der Waals surface area contributed by atoms with Crippen molar-refractivity contribution >= 4 is 40.1 Å². The van der Waals surface area contributed by atoms with E-state index in [-0.39, 0.29) is 5.91 Å². The Balaban J connectivity index is 2.27. The second-order valence-corrected chi connectivity index (χ2v) is 7.51. The first-order valence-electron chi connectivity index (χ1n) is 7.25. The average Bonchev–Trinajstić information content (AvgIpc) is 2.91. The molecule has 4 heteroatoms. The fourth-order valence-corrected chi connectivity index (χ4v) is 3.56. The van der Waals surface area contributed by atoms with Gasteiger partial charge in [0.2, 0.25) is 0 Å². The van der Waals surface area contributed by atoms with E-state index < -0.39 is 0 Å². The highest BCUT2D eigenvalue weighted by Crippen LogP contribution is 2.27. The molecule has 0 aromatic heterocycles. The van der Waals surface area contributed by atoms with Gasteiger partial charge in [0.1, 0.15) is 0 Å². The summed E-state index contributed by atoms with van der Waals surface area (Å²) in [5, 5.41) is 0.629. The Morgan fingerprint density at radius 2 is 2.05 bits per heavy atom. The van der Waals surface area contributed by atoms with Gasteiger partial charge in [-0.3, -0.25) is 4.79 Å². The van der Waals surface area contributed by atoms with Crippen LogP contribution in [0.5, 0.6) is 0 Å². The Kier molecular flexibility index (Phi) is 5.73. The maximum atomic E-state index is 12.9. The first kappa shape index (κ1) is 16.1. The highest BCUT2D eigenvalue weighted by atomic mass is 127. The maximum Gasteiger partial charge on any atom is 0.255 e. The monoisotopic (exact) mass is 405 g/mol. The van der Waals surface area contributed by atoms with Crippen molar-refractivity contribution in [3.8, 4) is 0 Å². The van der Waals surface area contributed by atoms with Crippen LogP contribution in [-0.4, -0.2) is 23.4 Å². The Labute approximate surface area is 140 Å². The van der Waals surface area contributed by atoms with Crippen molar-refractivity contribution in [2.45, 2.75) is 45.6 Å². The van der Waals surface area contributed by atoms with Crippen molar-refractivity contribution in [1.29, 1.82) is 0 Å². The lowest BCUT2D eigenvalue weighted by molar-refractivity contribution is 0.0654. The van der Waals surface area contributed by atoms with E-state index in [0.717, 1.165) is 28.5 Å². The molecule has 1 amide bonds. The molecule has 0 saturated heterocycles. The zero-order valence-corrected chi connectivity index (χ0v) is 14.9. The molecule has 0 bridgehead atoms. The third kappa shape index (κ3) is 3.88. The zero-order valence-electron chi connectivity index (χ0n) is 12.0. The van der Waals surface area contributed by atoms with Crippen LogP contribution in [-0.2, 0) is 0 Å². The highest BCUT2D eigenvalue weighted by Gasteiger charge is 2.28. The van der Waals surface area contributed by atoms with Crippen LogP contribution in [0.15, 0.2) is 18.2 Å². The van der Waals surface area contributed by atoms with Gasteiger partial charge in [-0.15, -0.1) is 0 Å². The van der Waals surface area contributed by atoms with Crippen LogP contribution in [0.3, 0.4) is 0 Å². The number of amides is 1. The van der Waals surface area contributed by atoms with Crippen LogP contribution < -0.4 is 0 Å². The molecule has 1 fully saturated rings. The molecule has 1 saturated carbocycles. The van der Waals surface area contributed by atoms with Gasteiger partial charge in [0.15, 0.2) is 0 Å². The predicted octanol–water partition coefficient (Wildman–Crippen LogP) is 4.99. The third-order valence-corrected chi connectivity index (χ3v) is 4.92. The van der Waals surface area contributed by atoms with Crippen molar-refractivity contribution in [2.24, 2.45) is 5.92 Å². The van der Waals surface area contributed by atoms with E-state index in [2.05, 4.69) is 41.3 Å². The lowest BCUT2D eigenvalue weighted by Gasteiger charge is -2.31. The molecule has 2 nitrogen and oxygen atoms in total. The molecule has 0 radical (unpaired) electrons. The summed E-state index contributed by atoms with van der Waals surface area (Å²) in [4.78, 5) is 15.0. The first-order valence-corrected chi connectivity index (χ1v) is 8.70. The van der Waals surface area contributed by atoms with E-state index in [0.29, 0.717) is 17.0 Å². The summed E-state index contributed by atoms with van der Waals surface area (Å²) in [6, 6.07) is 5.95. The van der Waals surface area contributed by atoms with Gasteiger partial charge in [-0.2, -0.15) is 0 Å². The number of hydrogen-bond acceptors (Lipinski definition) is 1. The van der Waals surface area contributed by atoms with Gasteiger partial charge >= 0.3 is 0 Å². The third-order valence-electron chi connectivity index (χ3n) is 3.75. The molecule has 110 valence electrons. The number of rotatable bonds is 4.